The molecule has 0 aliphatic carbocycles. The monoisotopic (exact) mass is 389 g/mol. The lowest BCUT2D eigenvalue weighted by atomic mass is 10.1. The Morgan fingerprint density at radius 3 is 2.69 bits per heavy atom. The van der Waals surface area contributed by atoms with E-state index in [1.807, 2.05) is 30.3 Å². The number of carbonyl (C=O) groups excluding carboxylic acids is 1. The van der Waals surface area contributed by atoms with Gasteiger partial charge in [0.25, 0.3) is 10.9 Å². The number of nitrogens with zero attached hydrogens (tertiary/aromatic N) is 1. The Kier molecular flexibility index (Phi) is 4.64. The van der Waals surface area contributed by atoms with Gasteiger partial charge in [-0.1, -0.05) is 30.3 Å². The van der Waals surface area contributed by atoms with Crippen LogP contribution in [0.15, 0.2) is 64.3 Å². The third-order valence-electron chi connectivity index (χ3n) is 4.88. The maximum atomic E-state index is 12.2. The Hall–Kier alpha value is -3.87. The van der Waals surface area contributed by atoms with Gasteiger partial charge in [-0.3, -0.25) is 9.59 Å². The van der Waals surface area contributed by atoms with Crippen LogP contribution in [0.3, 0.4) is 0 Å². The fraction of sp³-hybridized carbons (Fsp3) is 0.136. The smallest absolute Gasteiger partial charge is 0.337 e. The van der Waals surface area contributed by atoms with Crippen molar-refractivity contribution in [3.8, 4) is 0 Å². The molecule has 0 aliphatic heterocycles. The van der Waals surface area contributed by atoms with E-state index in [0.717, 1.165) is 22.2 Å². The molecule has 3 aromatic carbocycles. The molecule has 0 aliphatic rings. The summed E-state index contributed by atoms with van der Waals surface area (Å²) in [5.41, 5.74) is 2.44. The van der Waals surface area contributed by atoms with Crippen LogP contribution < -0.4 is 21.1 Å². The standard InChI is InChI=1S/C22H19N3O4/c1-25(12-13-6-5-7-14(10-13)22(28)29-2)19-18(20(26)21(19)27)24-17-11-23-16-9-4-3-8-15(16)17/h3-11,23-24H,12H2,1-2H3. The quantitative estimate of drug-likeness (QED) is 0.389. The van der Waals surface area contributed by atoms with Crippen molar-refractivity contribution in [2.24, 2.45) is 0 Å². The summed E-state index contributed by atoms with van der Waals surface area (Å²) in [5.74, 6) is -0.426. The minimum absolute atomic E-state index is 0.270. The summed E-state index contributed by atoms with van der Waals surface area (Å²) in [6, 6.07) is 14.7. The van der Waals surface area contributed by atoms with Gasteiger partial charge in [-0.15, -0.1) is 0 Å². The second-order valence-corrected chi connectivity index (χ2v) is 6.80. The average molecular weight is 389 g/mol. The molecule has 29 heavy (non-hydrogen) atoms. The molecule has 0 saturated carbocycles. The van der Waals surface area contributed by atoms with Crippen LogP contribution in [-0.4, -0.2) is 25.1 Å². The van der Waals surface area contributed by atoms with Crippen molar-refractivity contribution in [2.75, 3.05) is 24.4 Å². The van der Waals surface area contributed by atoms with Crippen LogP contribution in [0.1, 0.15) is 15.9 Å². The molecule has 0 saturated heterocycles. The zero-order chi connectivity index (χ0) is 20.5. The third-order valence-corrected chi connectivity index (χ3v) is 4.88. The fourth-order valence-corrected chi connectivity index (χ4v) is 3.44. The molecule has 0 unspecified atom stereocenters. The van der Waals surface area contributed by atoms with Gasteiger partial charge in [0.1, 0.15) is 11.4 Å². The number of hydrogen-bond donors (Lipinski definition) is 2. The van der Waals surface area contributed by atoms with Crippen molar-refractivity contribution in [1.29, 1.82) is 0 Å². The zero-order valence-corrected chi connectivity index (χ0v) is 16.0. The Bertz CT molecular complexity index is 1280. The first kappa shape index (κ1) is 18.5. The first-order chi connectivity index (χ1) is 14.0. The van der Waals surface area contributed by atoms with Gasteiger partial charge in [0.2, 0.25) is 0 Å². The number of rotatable bonds is 6. The van der Waals surface area contributed by atoms with Crippen LogP contribution in [0.4, 0.5) is 17.1 Å². The van der Waals surface area contributed by atoms with E-state index < -0.39 is 16.8 Å². The molecule has 4 rings (SSSR count). The van der Waals surface area contributed by atoms with Crippen molar-refractivity contribution in [3.05, 3.63) is 86.3 Å². The number of methoxy groups -OCH3 is 1. The highest BCUT2D eigenvalue weighted by molar-refractivity contribution is 5.96. The van der Waals surface area contributed by atoms with Crippen LogP contribution in [0, 0.1) is 0 Å². The molecule has 2 N–H and O–H groups in total. The molecule has 7 heteroatoms. The van der Waals surface area contributed by atoms with Gasteiger partial charge in [-0.2, -0.15) is 0 Å². The Morgan fingerprint density at radius 2 is 1.90 bits per heavy atom. The highest BCUT2D eigenvalue weighted by Gasteiger charge is 2.25. The van der Waals surface area contributed by atoms with Gasteiger partial charge in [0.15, 0.2) is 0 Å². The van der Waals surface area contributed by atoms with E-state index in [4.69, 9.17) is 4.74 Å². The Balaban J connectivity index is 1.60. The summed E-state index contributed by atoms with van der Waals surface area (Å²) in [6.07, 6.45) is 1.77. The molecular weight excluding hydrogens is 370 g/mol. The van der Waals surface area contributed by atoms with E-state index in [1.54, 1.807) is 36.3 Å². The minimum atomic E-state index is -0.541. The predicted molar refractivity (Wildman–Crippen MR) is 113 cm³/mol. The Labute approximate surface area is 166 Å². The number of nitrogens with one attached hydrogen (secondary N) is 2. The Morgan fingerprint density at radius 1 is 1.10 bits per heavy atom. The number of ether oxygens (including phenoxy) is 1. The summed E-state index contributed by atoms with van der Waals surface area (Å²) in [5, 5.41) is 4.03. The second kappa shape index (κ2) is 7.27. The molecule has 0 radical (unpaired) electrons. The highest BCUT2D eigenvalue weighted by Crippen LogP contribution is 2.29. The van der Waals surface area contributed by atoms with Gasteiger partial charge in [0, 0.05) is 30.7 Å². The van der Waals surface area contributed by atoms with Crippen molar-refractivity contribution >= 4 is 33.9 Å². The number of anilines is 3. The van der Waals surface area contributed by atoms with Gasteiger partial charge in [-0.05, 0) is 23.8 Å². The summed E-state index contributed by atoms with van der Waals surface area (Å²) < 4.78 is 4.74. The van der Waals surface area contributed by atoms with E-state index in [2.05, 4.69) is 10.3 Å². The van der Waals surface area contributed by atoms with E-state index in [-0.39, 0.29) is 5.69 Å². The molecule has 7 nitrogen and oxygen atoms in total. The van der Waals surface area contributed by atoms with Gasteiger partial charge in [-0.25, -0.2) is 4.79 Å². The van der Waals surface area contributed by atoms with Crippen molar-refractivity contribution < 1.29 is 9.53 Å². The number of fused-ring (bicyclic) bond motifs is 1. The second-order valence-electron chi connectivity index (χ2n) is 6.80. The number of esters is 1. The molecular formula is C22H19N3O4. The van der Waals surface area contributed by atoms with Gasteiger partial charge in [0.05, 0.1) is 18.4 Å². The molecule has 0 spiro atoms. The molecule has 0 fully saturated rings. The number of aromatic amines is 1. The molecule has 0 bridgehead atoms. The van der Waals surface area contributed by atoms with Crippen LogP contribution >= 0.6 is 0 Å². The van der Waals surface area contributed by atoms with Crippen LogP contribution in [-0.2, 0) is 11.3 Å². The minimum Gasteiger partial charge on any atom is -0.465 e. The highest BCUT2D eigenvalue weighted by atomic mass is 16.5. The number of hydrogen-bond acceptors (Lipinski definition) is 6. The summed E-state index contributed by atoms with van der Waals surface area (Å²) >= 11 is 0. The van der Waals surface area contributed by atoms with Crippen LogP contribution in [0.2, 0.25) is 0 Å². The summed E-state index contributed by atoms with van der Waals surface area (Å²) in [6.45, 7) is 0.359. The summed E-state index contributed by atoms with van der Waals surface area (Å²) in [7, 11) is 3.06. The predicted octanol–water partition coefficient (Wildman–Crippen LogP) is 2.93. The summed E-state index contributed by atoms with van der Waals surface area (Å²) in [4.78, 5) is 41.0. The molecule has 0 atom stereocenters. The lowest BCUT2D eigenvalue weighted by Crippen LogP contribution is -2.40. The SMILES string of the molecule is COC(=O)c1cccc(CN(C)c2c(Nc3c[nH]c4ccccc34)c(=O)c2=O)c1. The topological polar surface area (TPSA) is 91.5 Å². The largest absolute Gasteiger partial charge is 0.465 e. The average Bonchev–Trinajstić information content (AvgIpc) is 3.15. The lowest BCUT2D eigenvalue weighted by molar-refractivity contribution is 0.0600. The normalized spacial score (nSPS) is 11.0. The van der Waals surface area contributed by atoms with E-state index >= 15 is 0 Å². The van der Waals surface area contributed by atoms with E-state index in [1.165, 1.54) is 7.11 Å². The van der Waals surface area contributed by atoms with Gasteiger partial charge >= 0.3 is 5.97 Å². The molecule has 0 amide bonds. The van der Waals surface area contributed by atoms with E-state index in [0.29, 0.717) is 17.8 Å². The molecule has 1 aromatic heterocycles. The number of H-pyrrole nitrogens is 1. The number of carbonyl (C=O) groups is 1. The number of para-hydroxylation sites is 1. The zero-order valence-electron chi connectivity index (χ0n) is 16.0. The van der Waals surface area contributed by atoms with Crippen molar-refractivity contribution in [3.63, 3.8) is 0 Å². The van der Waals surface area contributed by atoms with Crippen molar-refractivity contribution in [2.45, 2.75) is 6.54 Å². The first-order valence-electron chi connectivity index (χ1n) is 9.04. The first-order valence-corrected chi connectivity index (χ1v) is 9.04. The van der Waals surface area contributed by atoms with Crippen LogP contribution in [0.25, 0.3) is 10.9 Å². The third kappa shape index (κ3) is 3.27. The maximum Gasteiger partial charge on any atom is 0.337 e. The van der Waals surface area contributed by atoms with Gasteiger partial charge < -0.3 is 19.9 Å². The van der Waals surface area contributed by atoms with E-state index in [9.17, 15) is 14.4 Å². The van der Waals surface area contributed by atoms with Crippen LogP contribution in [0.5, 0.6) is 0 Å². The van der Waals surface area contributed by atoms with Crippen molar-refractivity contribution in [1.82, 2.24) is 4.98 Å². The number of benzene rings is 2. The lowest BCUT2D eigenvalue weighted by Gasteiger charge is -2.23. The molecule has 4 aromatic rings. The number of aromatic nitrogens is 1. The molecule has 1 heterocycles. The fourth-order valence-electron chi connectivity index (χ4n) is 3.44. The maximum absolute atomic E-state index is 12.2. The molecule has 146 valence electrons.